The molecule has 1 aromatic carbocycles. The van der Waals surface area contributed by atoms with Crippen LogP contribution in [-0.2, 0) is 11.3 Å². The number of amides is 1. The van der Waals surface area contributed by atoms with Crippen LogP contribution in [0.3, 0.4) is 0 Å². The van der Waals surface area contributed by atoms with E-state index in [1.165, 1.54) is 39.6 Å². The van der Waals surface area contributed by atoms with Crippen molar-refractivity contribution in [1.29, 1.82) is 0 Å². The summed E-state index contributed by atoms with van der Waals surface area (Å²) < 4.78 is 27.8. The van der Waals surface area contributed by atoms with Crippen molar-refractivity contribution in [2.75, 3.05) is 5.32 Å². The van der Waals surface area contributed by atoms with Gasteiger partial charge in [0.1, 0.15) is 4.83 Å². The molecule has 142 valence electrons. The largest absolute Gasteiger partial charge is 0.302 e. The number of halogens is 2. The number of aromatic nitrogens is 3. The molecule has 0 aliphatic heterocycles. The normalized spacial score (nSPS) is 11.1. The number of carbonyl (C=O) groups is 1. The minimum absolute atomic E-state index is 0.0668. The van der Waals surface area contributed by atoms with E-state index in [1.807, 2.05) is 0 Å². The first kappa shape index (κ1) is 18.4. The summed E-state index contributed by atoms with van der Waals surface area (Å²) in [6.45, 7) is 0.185. The smallest absolute Gasteiger partial charge is 0.262 e. The molecule has 28 heavy (non-hydrogen) atoms. The van der Waals surface area contributed by atoms with Crippen molar-refractivity contribution in [1.82, 2.24) is 14.5 Å². The molecule has 1 amide bonds. The Kier molecular flexibility index (Phi) is 4.97. The van der Waals surface area contributed by atoms with Gasteiger partial charge in [-0.05, 0) is 29.6 Å². The number of aryl methyl sites for hydroxylation is 1. The third-order valence-corrected chi connectivity index (χ3v) is 5.57. The van der Waals surface area contributed by atoms with E-state index in [0.29, 0.717) is 26.6 Å². The number of hydrogen-bond acceptors (Lipinski definition) is 6. The van der Waals surface area contributed by atoms with Crippen LogP contribution in [0, 0.1) is 11.6 Å². The van der Waals surface area contributed by atoms with Crippen LogP contribution >= 0.6 is 22.7 Å². The van der Waals surface area contributed by atoms with Crippen LogP contribution in [0.25, 0.3) is 21.5 Å². The van der Waals surface area contributed by atoms with E-state index in [0.717, 1.165) is 12.1 Å². The van der Waals surface area contributed by atoms with Crippen LogP contribution in [0.5, 0.6) is 0 Å². The fourth-order valence-electron chi connectivity index (χ4n) is 2.58. The number of nitrogens with zero attached hydrogens (tertiary/aromatic N) is 3. The van der Waals surface area contributed by atoms with E-state index in [-0.39, 0.29) is 24.4 Å². The Morgan fingerprint density at radius 1 is 1.18 bits per heavy atom. The Bertz CT molecular complexity index is 1230. The van der Waals surface area contributed by atoms with Crippen LogP contribution in [0.4, 0.5) is 13.9 Å². The predicted molar refractivity (Wildman–Crippen MR) is 105 cm³/mol. The Balaban J connectivity index is 1.41. The van der Waals surface area contributed by atoms with E-state index < -0.39 is 11.6 Å². The third kappa shape index (κ3) is 3.69. The third-order valence-electron chi connectivity index (χ3n) is 4.00. The molecule has 0 aliphatic carbocycles. The topological polar surface area (TPSA) is 76.9 Å². The summed E-state index contributed by atoms with van der Waals surface area (Å²) in [4.78, 5) is 33.5. The first-order valence-electron chi connectivity index (χ1n) is 8.15. The van der Waals surface area contributed by atoms with Crippen molar-refractivity contribution in [2.24, 2.45) is 0 Å². The number of benzene rings is 1. The van der Waals surface area contributed by atoms with Crippen molar-refractivity contribution in [2.45, 2.75) is 13.0 Å². The van der Waals surface area contributed by atoms with Crippen molar-refractivity contribution < 1.29 is 13.6 Å². The lowest BCUT2D eigenvalue weighted by Crippen LogP contribution is -2.23. The molecule has 0 saturated carbocycles. The molecule has 1 N–H and O–H groups in total. The number of rotatable bonds is 5. The molecular formula is C18H12F2N4O2S2. The minimum Gasteiger partial charge on any atom is -0.302 e. The summed E-state index contributed by atoms with van der Waals surface area (Å²) in [5, 5.41) is 6.95. The number of anilines is 1. The van der Waals surface area contributed by atoms with Gasteiger partial charge in [-0.15, -0.1) is 22.7 Å². The predicted octanol–water partition coefficient (Wildman–Crippen LogP) is 3.89. The molecule has 0 bridgehead atoms. The number of thiazole rings is 1. The lowest BCUT2D eigenvalue weighted by Gasteiger charge is -2.05. The van der Waals surface area contributed by atoms with Gasteiger partial charge in [0.25, 0.3) is 5.56 Å². The highest BCUT2D eigenvalue weighted by molar-refractivity contribution is 7.16. The summed E-state index contributed by atoms with van der Waals surface area (Å²) in [6, 6.07) is 5.20. The second-order valence-corrected chi connectivity index (χ2v) is 7.60. The summed E-state index contributed by atoms with van der Waals surface area (Å²) in [7, 11) is 0. The molecule has 10 heteroatoms. The van der Waals surface area contributed by atoms with Gasteiger partial charge in [-0.25, -0.2) is 18.7 Å². The van der Waals surface area contributed by atoms with E-state index in [2.05, 4.69) is 15.3 Å². The maximum absolute atomic E-state index is 13.4. The number of thiophene rings is 1. The van der Waals surface area contributed by atoms with Crippen molar-refractivity contribution in [3.05, 3.63) is 63.3 Å². The fourth-order valence-corrected chi connectivity index (χ4v) is 4.03. The Hall–Kier alpha value is -2.98. The van der Waals surface area contributed by atoms with Crippen LogP contribution in [0.2, 0.25) is 0 Å². The zero-order valence-corrected chi connectivity index (χ0v) is 15.8. The monoisotopic (exact) mass is 418 g/mol. The zero-order valence-electron chi connectivity index (χ0n) is 14.2. The zero-order chi connectivity index (χ0) is 19.7. The van der Waals surface area contributed by atoms with E-state index in [9.17, 15) is 18.4 Å². The Morgan fingerprint density at radius 2 is 2.04 bits per heavy atom. The number of nitrogens with one attached hydrogen (secondary N) is 1. The van der Waals surface area contributed by atoms with Crippen molar-refractivity contribution in [3.8, 4) is 11.3 Å². The van der Waals surface area contributed by atoms with Gasteiger partial charge in [0, 0.05) is 23.9 Å². The van der Waals surface area contributed by atoms with Crippen LogP contribution < -0.4 is 10.9 Å². The lowest BCUT2D eigenvalue weighted by atomic mass is 10.2. The molecule has 0 unspecified atom stereocenters. The second-order valence-electron chi connectivity index (χ2n) is 5.85. The van der Waals surface area contributed by atoms with Gasteiger partial charge in [-0.1, -0.05) is 0 Å². The van der Waals surface area contributed by atoms with Crippen LogP contribution in [-0.4, -0.2) is 20.4 Å². The second kappa shape index (κ2) is 7.56. The first-order chi connectivity index (χ1) is 13.5. The van der Waals surface area contributed by atoms with Gasteiger partial charge in [0.2, 0.25) is 5.91 Å². The van der Waals surface area contributed by atoms with Crippen molar-refractivity contribution >= 4 is 43.9 Å². The number of carbonyl (C=O) groups excluding carboxylic acids is 1. The van der Waals surface area contributed by atoms with Gasteiger partial charge < -0.3 is 5.32 Å². The summed E-state index contributed by atoms with van der Waals surface area (Å²) in [5.41, 5.74) is 0.661. The maximum atomic E-state index is 13.4. The average molecular weight is 418 g/mol. The van der Waals surface area contributed by atoms with Gasteiger partial charge in [-0.2, -0.15) is 0 Å². The lowest BCUT2D eigenvalue weighted by molar-refractivity contribution is -0.116. The maximum Gasteiger partial charge on any atom is 0.262 e. The fraction of sp³-hybridized carbons (Fsp3) is 0.111. The molecule has 6 nitrogen and oxygen atoms in total. The van der Waals surface area contributed by atoms with Crippen molar-refractivity contribution in [3.63, 3.8) is 0 Å². The molecule has 4 aromatic rings. The van der Waals surface area contributed by atoms with E-state index in [1.54, 1.807) is 16.8 Å². The Morgan fingerprint density at radius 3 is 2.86 bits per heavy atom. The summed E-state index contributed by atoms with van der Waals surface area (Å²) >= 11 is 2.56. The highest BCUT2D eigenvalue weighted by atomic mass is 32.1. The first-order valence-corrected chi connectivity index (χ1v) is 9.90. The molecule has 0 saturated heterocycles. The van der Waals surface area contributed by atoms with Gasteiger partial charge in [-0.3, -0.25) is 14.2 Å². The molecule has 4 rings (SSSR count). The number of hydrogen-bond donors (Lipinski definition) is 1. The van der Waals surface area contributed by atoms with E-state index >= 15 is 0 Å². The SMILES string of the molecule is O=C(CCn1cnc2sccc2c1=O)Nc1nc(-c2ccc(F)c(F)c2)cs1. The molecular weight excluding hydrogens is 406 g/mol. The standard InChI is InChI=1S/C18H12F2N4O2S2/c19-12-2-1-10(7-13(12)20)14-8-28-18(22-14)23-15(25)3-5-24-9-21-16-11(17(24)26)4-6-27-16/h1-2,4,6-9H,3,5H2,(H,22,23,25). The molecule has 0 fully saturated rings. The minimum atomic E-state index is -0.960. The average Bonchev–Trinajstić information content (AvgIpc) is 3.33. The summed E-state index contributed by atoms with van der Waals surface area (Å²) in [6.07, 6.45) is 1.50. The van der Waals surface area contributed by atoms with Crippen LogP contribution in [0.15, 0.2) is 46.1 Å². The molecule has 0 aliphatic rings. The highest BCUT2D eigenvalue weighted by Gasteiger charge is 2.11. The van der Waals surface area contributed by atoms with Gasteiger partial charge >= 0.3 is 0 Å². The number of fused-ring (bicyclic) bond motifs is 1. The van der Waals surface area contributed by atoms with Gasteiger partial charge in [0.05, 0.1) is 17.4 Å². The molecule has 3 heterocycles. The van der Waals surface area contributed by atoms with Gasteiger partial charge in [0.15, 0.2) is 16.8 Å². The molecule has 0 radical (unpaired) electrons. The molecule has 0 atom stereocenters. The van der Waals surface area contributed by atoms with Crippen LogP contribution in [0.1, 0.15) is 6.42 Å². The van der Waals surface area contributed by atoms with E-state index in [4.69, 9.17) is 0 Å². The molecule has 0 spiro atoms. The Labute approximate surface area is 165 Å². The highest BCUT2D eigenvalue weighted by Crippen LogP contribution is 2.26. The molecule has 3 aromatic heterocycles. The summed E-state index contributed by atoms with van der Waals surface area (Å²) in [5.74, 6) is -2.21. The quantitative estimate of drug-likeness (QED) is 0.534.